The molecule has 0 aromatic heterocycles. The van der Waals surface area contributed by atoms with Crippen molar-refractivity contribution in [1.82, 2.24) is 0 Å². The molecule has 1 heterocycles. The van der Waals surface area contributed by atoms with Crippen LogP contribution in [0.5, 0.6) is 11.5 Å². The Hall–Kier alpha value is -2.04. The number of anilines is 1. The van der Waals surface area contributed by atoms with Gasteiger partial charge in [0.25, 0.3) is 5.91 Å². The lowest BCUT2D eigenvalue weighted by atomic mass is 10.1. The van der Waals surface area contributed by atoms with Gasteiger partial charge in [0.05, 0.1) is 23.3 Å². The predicted molar refractivity (Wildman–Crippen MR) is 109 cm³/mol. The molecule has 0 bridgehead atoms. The highest BCUT2D eigenvalue weighted by Crippen LogP contribution is 2.40. The van der Waals surface area contributed by atoms with Crippen molar-refractivity contribution < 1.29 is 27.8 Å². The molecule has 4 nitrogen and oxygen atoms in total. The number of phenolic OH excluding ortho intramolecular Hbond substituents is 1. The monoisotopic (exact) mass is 489 g/mol. The van der Waals surface area contributed by atoms with Gasteiger partial charge in [0.2, 0.25) is 0 Å². The molecule has 2 aromatic rings. The maximum atomic E-state index is 13.0. The fraction of sp³-hybridized carbons (Fsp3) is 0.111. The molecule has 1 fully saturated rings. The Morgan fingerprint density at radius 1 is 1.29 bits per heavy atom. The molecular weight excluding hydrogens is 479 g/mol. The molecule has 0 spiro atoms. The van der Waals surface area contributed by atoms with Crippen molar-refractivity contribution in [1.29, 1.82) is 0 Å². The number of nitrogens with zero attached hydrogens (tertiary/aromatic N) is 1. The van der Waals surface area contributed by atoms with Gasteiger partial charge in [-0.3, -0.25) is 9.69 Å². The van der Waals surface area contributed by atoms with E-state index in [1.165, 1.54) is 37.5 Å². The van der Waals surface area contributed by atoms with Crippen molar-refractivity contribution in [3.05, 3.63) is 56.9 Å². The van der Waals surface area contributed by atoms with Gasteiger partial charge in [0.15, 0.2) is 15.8 Å². The fourth-order valence-electron chi connectivity index (χ4n) is 2.49. The first-order valence-corrected chi connectivity index (χ1v) is 9.65. The van der Waals surface area contributed by atoms with Crippen molar-refractivity contribution in [3.8, 4) is 11.5 Å². The molecule has 3 rings (SSSR count). The number of carbonyl (C=O) groups is 1. The zero-order valence-electron chi connectivity index (χ0n) is 14.1. The van der Waals surface area contributed by atoms with Gasteiger partial charge in [-0.05, 0) is 42.0 Å². The number of methoxy groups -OCH3 is 1. The first-order valence-electron chi connectivity index (χ1n) is 7.63. The van der Waals surface area contributed by atoms with E-state index in [4.69, 9.17) is 17.0 Å². The number of phenols is 1. The maximum Gasteiger partial charge on any atom is 0.416 e. The average Bonchev–Trinajstić information content (AvgIpc) is 2.90. The molecule has 1 amide bonds. The van der Waals surface area contributed by atoms with Crippen molar-refractivity contribution in [2.45, 2.75) is 6.18 Å². The zero-order valence-corrected chi connectivity index (χ0v) is 17.3. The number of amides is 1. The number of hydrogen-bond acceptors (Lipinski definition) is 5. The summed E-state index contributed by atoms with van der Waals surface area (Å²) in [6.07, 6.45) is -3.00. The highest BCUT2D eigenvalue weighted by atomic mass is 79.9. The molecule has 28 heavy (non-hydrogen) atoms. The quantitative estimate of drug-likeness (QED) is 0.449. The number of halogens is 4. The van der Waals surface area contributed by atoms with Gasteiger partial charge < -0.3 is 9.84 Å². The van der Waals surface area contributed by atoms with Gasteiger partial charge in [-0.1, -0.05) is 46.0 Å². The average molecular weight is 490 g/mol. The lowest BCUT2D eigenvalue weighted by Crippen LogP contribution is -2.27. The molecule has 10 heteroatoms. The van der Waals surface area contributed by atoms with Crippen LogP contribution < -0.4 is 9.64 Å². The molecule has 0 aliphatic carbocycles. The Bertz CT molecular complexity index is 1010. The van der Waals surface area contributed by atoms with Crippen LogP contribution >= 0.6 is 39.9 Å². The summed E-state index contributed by atoms with van der Waals surface area (Å²) in [6, 6.07) is 7.36. The van der Waals surface area contributed by atoms with E-state index in [-0.39, 0.29) is 26.4 Å². The third-order valence-electron chi connectivity index (χ3n) is 3.81. The molecule has 146 valence electrons. The number of thiocarbonyl (C=S) groups is 1. The summed E-state index contributed by atoms with van der Waals surface area (Å²) in [5.41, 5.74) is -0.281. The number of thioether (sulfide) groups is 1. The number of carbonyl (C=O) groups excluding carboxylic acids is 1. The number of rotatable bonds is 3. The van der Waals surface area contributed by atoms with Crippen LogP contribution in [0.25, 0.3) is 6.08 Å². The topological polar surface area (TPSA) is 49.8 Å². The molecule has 1 aliphatic heterocycles. The Kier molecular flexibility index (Phi) is 5.74. The third kappa shape index (κ3) is 4.03. The summed E-state index contributed by atoms with van der Waals surface area (Å²) < 4.78 is 44.6. The highest BCUT2D eigenvalue weighted by molar-refractivity contribution is 9.10. The number of aromatic hydroxyl groups is 1. The van der Waals surface area contributed by atoms with E-state index < -0.39 is 17.6 Å². The molecule has 0 atom stereocenters. The van der Waals surface area contributed by atoms with Crippen LogP contribution in [0.1, 0.15) is 11.1 Å². The Morgan fingerprint density at radius 2 is 2.00 bits per heavy atom. The SMILES string of the molecule is COc1cc(/C=C2/SC(=S)N(c3cccc(C(F)(F)F)c3)C2=O)c(Br)cc1O. The molecule has 1 aliphatic rings. The highest BCUT2D eigenvalue weighted by Gasteiger charge is 2.36. The molecule has 1 saturated heterocycles. The number of alkyl halides is 3. The Balaban J connectivity index is 1.98. The zero-order chi connectivity index (χ0) is 20.6. The van der Waals surface area contributed by atoms with Gasteiger partial charge in [0.1, 0.15) is 0 Å². The largest absolute Gasteiger partial charge is 0.504 e. The standard InChI is InChI=1S/C18H11BrF3NO3S2/c1-26-14-5-9(12(19)8-13(14)24)6-15-16(25)23(17(27)28-15)11-4-2-3-10(7-11)18(20,21)22/h2-8,24H,1H3/b15-6+. The molecule has 0 radical (unpaired) electrons. The summed E-state index contributed by atoms with van der Waals surface area (Å²) in [5, 5.41) is 9.78. The molecule has 0 unspecified atom stereocenters. The Labute approximate surface area is 176 Å². The van der Waals surface area contributed by atoms with Crippen LogP contribution in [-0.2, 0) is 11.0 Å². The second-order valence-electron chi connectivity index (χ2n) is 5.61. The molecular formula is C18H11BrF3NO3S2. The number of benzene rings is 2. The Morgan fingerprint density at radius 3 is 2.64 bits per heavy atom. The third-order valence-corrected chi connectivity index (χ3v) is 5.80. The summed E-state index contributed by atoms with van der Waals surface area (Å²) in [7, 11) is 1.39. The van der Waals surface area contributed by atoms with Gasteiger partial charge >= 0.3 is 6.18 Å². The minimum atomic E-state index is -4.53. The number of ether oxygens (including phenoxy) is 1. The van der Waals surface area contributed by atoms with Gasteiger partial charge in [-0.15, -0.1) is 0 Å². The minimum absolute atomic E-state index is 0.0445. The van der Waals surface area contributed by atoms with Crippen molar-refractivity contribution in [2.24, 2.45) is 0 Å². The van der Waals surface area contributed by atoms with E-state index in [2.05, 4.69) is 15.9 Å². The summed E-state index contributed by atoms with van der Waals surface area (Å²) >= 11 is 9.47. The van der Waals surface area contributed by atoms with E-state index in [1.54, 1.807) is 0 Å². The second kappa shape index (κ2) is 7.76. The summed E-state index contributed by atoms with van der Waals surface area (Å²) in [4.78, 5) is 14.1. The van der Waals surface area contributed by atoms with E-state index in [9.17, 15) is 23.1 Å². The van der Waals surface area contributed by atoms with Crippen LogP contribution in [0.2, 0.25) is 0 Å². The summed E-state index contributed by atoms with van der Waals surface area (Å²) in [5.74, 6) is -0.404. The van der Waals surface area contributed by atoms with Crippen LogP contribution in [0, 0.1) is 0 Å². The van der Waals surface area contributed by atoms with Gasteiger partial charge in [0, 0.05) is 4.47 Å². The first-order chi connectivity index (χ1) is 13.1. The van der Waals surface area contributed by atoms with Gasteiger partial charge in [-0.2, -0.15) is 13.2 Å². The van der Waals surface area contributed by atoms with E-state index >= 15 is 0 Å². The van der Waals surface area contributed by atoms with Crippen LogP contribution in [-0.4, -0.2) is 22.4 Å². The van der Waals surface area contributed by atoms with Crippen molar-refractivity contribution in [3.63, 3.8) is 0 Å². The lowest BCUT2D eigenvalue weighted by molar-refractivity contribution is -0.137. The lowest BCUT2D eigenvalue weighted by Gasteiger charge is -2.16. The van der Waals surface area contributed by atoms with Crippen LogP contribution in [0.15, 0.2) is 45.8 Å². The first kappa shape index (κ1) is 20.7. The van der Waals surface area contributed by atoms with E-state index in [1.807, 2.05) is 0 Å². The molecule has 0 saturated carbocycles. The summed E-state index contributed by atoms with van der Waals surface area (Å²) in [6.45, 7) is 0. The van der Waals surface area contributed by atoms with Crippen molar-refractivity contribution in [2.75, 3.05) is 12.0 Å². The smallest absolute Gasteiger partial charge is 0.416 e. The molecule has 2 aromatic carbocycles. The predicted octanol–water partition coefficient (Wildman–Crippen LogP) is 5.59. The molecule has 1 N–H and O–H groups in total. The van der Waals surface area contributed by atoms with E-state index in [0.29, 0.717) is 10.0 Å². The second-order valence-corrected chi connectivity index (χ2v) is 8.14. The minimum Gasteiger partial charge on any atom is -0.504 e. The normalized spacial score (nSPS) is 16.2. The van der Waals surface area contributed by atoms with Crippen LogP contribution in [0.3, 0.4) is 0 Å². The van der Waals surface area contributed by atoms with Crippen LogP contribution in [0.4, 0.5) is 18.9 Å². The van der Waals surface area contributed by atoms with Crippen molar-refractivity contribution >= 4 is 61.9 Å². The van der Waals surface area contributed by atoms with E-state index in [0.717, 1.165) is 28.8 Å². The maximum absolute atomic E-state index is 13.0. The fourth-order valence-corrected chi connectivity index (χ4v) is 4.22. The van der Waals surface area contributed by atoms with Gasteiger partial charge in [-0.25, -0.2) is 0 Å². The number of hydrogen-bond donors (Lipinski definition) is 1.